The molecule has 5 nitrogen and oxygen atoms in total. The molecule has 1 aliphatic rings. The van der Waals surface area contributed by atoms with Gasteiger partial charge in [-0.1, -0.05) is 24.3 Å². The Labute approximate surface area is 170 Å². The molecule has 0 saturated carbocycles. The van der Waals surface area contributed by atoms with E-state index in [1.54, 1.807) is 19.3 Å². The Kier molecular flexibility index (Phi) is 5.54. The topological polar surface area (TPSA) is 62.6 Å². The van der Waals surface area contributed by atoms with Crippen LogP contribution in [0, 0.1) is 12.7 Å². The van der Waals surface area contributed by atoms with Gasteiger partial charge in [0.05, 0.1) is 17.2 Å². The molecule has 0 fully saturated rings. The van der Waals surface area contributed by atoms with Crippen molar-refractivity contribution in [2.24, 2.45) is 0 Å². The van der Waals surface area contributed by atoms with Gasteiger partial charge in [-0.05, 0) is 60.4 Å². The molecule has 0 spiro atoms. The van der Waals surface area contributed by atoms with Crippen molar-refractivity contribution in [3.05, 3.63) is 89.1 Å². The van der Waals surface area contributed by atoms with Crippen LogP contribution in [0.15, 0.2) is 70.2 Å². The number of fused-ring (bicyclic) bond motifs is 1. The molecule has 0 bridgehead atoms. The third-order valence-corrected chi connectivity index (χ3v) is 6.80. The summed E-state index contributed by atoms with van der Waals surface area (Å²) in [5.74, 6) is 0.284. The summed E-state index contributed by atoms with van der Waals surface area (Å²) in [4.78, 5) is 2.28. The molecule has 1 atom stereocenters. The fraction of sp³-hybridized carbons (Fsp3) is 0.273. The van der Waals surface area contributed by atoms with E-state index in [9.17, 15) is 12.8 Å². The second-order valence-corrected chi connectivity index (χ2v) is 9.05. The molecule has 0 unspecified atom stereocenters. The third kappa shape index (κ3) is 4.27. The lowest BCUT2D eigenvalue weighted by Gasteiger charge is -2.34. The predicted octanol–water partition coefficient (Wildman–Crippen LogP) is 3.81. The SMILES string of the molecule is Cc1cc(S(=O)(=O)NC[C@@H](c2ccco2)N2CCc3ccccc3C2)ccc1F. The maximum atomic E-state index is 13.5. The Morgan fingerprint density at radius 2 is 1.93 bits per heavy atom. The van der Waals surface area contributed by atoms with Gasteiger partial charge in [0.25, 0.3) is 0 Å². The first-order chi connectivity index (χ1) is 13.9. The first kappa shape index (κ1) is 19.8. The molecule has 2 heterocycles. The minimum Gasteiger partial charge on any atom is -0.468 e. The smallest absolute Gasteiger partial charge is 0.240 e. The monoisotopic (exact) mass is 414 g/mol. The van der Waals surface area contributed by atoms with E-state index in [2.05, 4.69) is 21.8 Å². The molecule has 152 valence electrons. The van der Waals surface area contributed by atoms with Gasteiger partial charge in [-0.15, -0.1) is 0 Å². The van der Waals surface area contributed by atoms with E-state index in [0.717, 1.165) is 19.5 Å². The zero-order chi connectivity index (χ0) is 20.4. The van der Waals surface area contributed by atoms with Crippen LogP contribution in [-0.2, 0) is 23.0 Å². The Hall–Kier alpha value is -2.48. The summed E-state index contributed by atoms with van der Waals surface area (Å²) in [6, 6.07) is 15.5. The Balaban J connectivity index is 1.55. The fourth-order valence-electron chi connectivity index (χ4n) is 3.73. The largest absolute Gasteiger partial charge is 0.468 e. The van der Waals surface area contributed by atoms with Gasteiger partial charge < -0.3 is 4.42 Å². The molecule has 1 aromatic heterocycles. The van der Waals surface area contributed by atoms with Gasteiger partial charge >= 0.3 is 0 Å². The van der Waals surface area contributed by atoms with Crippen LogP contribution in [0.5, 0.6) is 0 Å². The van der Waals surface area contributed by atoms with E-state index in [4.69, 9.17) is 4.42 Å². The minimum atomic E-state index is -3.77. The van der Waals surface area contributed by atoms with Crippen molar-refractivity contribution in [1.29, 1.82) is 0 Å². The Bertz CT molecular complexity index is 1100. The molecule has 3 aromatic rings. The first-order valence-electron chi connectivity index (χ1n) is 9.54. The quantitative estimate of drug-likeness (QED) is 0.666. The molecule has 7 heteroatoms. The lowest BCUT2D eigenvalue weighted by atomic mass is 9.98. The molecule has 1 aliphatic heterocycles. The van der Waals surface area contributed by atoms with Gasteiger partial charge in [-0.25, -0.2) is 17.5 Å². The summed E-state index contributed by atoms with van der Waals surface area (Å²) in [5, 5.41) is 0. The second-order valence-electron chi connectivity index (χ2n) is 7.28. The lowest BCUT2D eigenvalue weighted by molar-refractivity contribution is 0.160. The summed E-state index contributed by atoms with van der Waals surface area (Å²) in [7, 11) is -3.77. The van der Waals surface area contributed by atoms with Crippen LogP contribution >= 0.6 is 0 Å². The number of furan rings is 1. The van der Waals surface area contributed by atoms with Crippen LogP contribution in [0.25, 0.3) is 0 Å². The van der Waals surface area contributed by atoms with Crippen molar-refractivity contribution >= 4 is 10.0 Å². The number of benzene rings is 2. The van der Waals surface area contributed by atoms with Crippen LogP contribution in [0.4, 0.5) is 4.39 Å². The van der Waals surface area contributed by atoms with E-state index in [0.29, 0.717) is 11.3 Å². The van der Waals surface area contributed by atoms with Gasteiger partial charge in [-0.3, -0.25) is 4.90 Å². The third-order valence-electron chi connectivity index (χ3n) is 5.38. The van der Waals surface area contributed by atoms with Crippen molar-refractivity contribution < 1.29 is 17.2 Å². The molecular formula is C22H23FN2O3S. The summed E-state index contributed by atoms with van der Waals surface area (Å²) in [6.07, 6.45) is 2.50. The lowest BCUT2D eigenvalue weighted by Crippen LogP contribution is -2.40. The maximum Gasteiger partial charge on any atom is 0.240 e. The first-order valence-corrected chi connectivity index (χ1v) is 11.0. The standard InChI is InChI=1S/C22H23FN2O3S/c1-16-13-19(8-9-20(16)23)29(26,27)24-14-21(22-7-4-12-28-22)25-11-10-17-5-2-3-6-18(17)15-25/h2-9,12-13,21,24H,10-11,14-15H2,1H3/t21-/m0/s1. The van der Waals surface area contributed by atoms with Crippen LogP contribution in [0.3, 0.4) is 0 Å². The van der Waals surface area contributed by atoms with E-state index in [1.807, 2.05) is 18.2 Å². The molecule has 2 aromatic carbocycles. The highest BCUT2D eigenvalue weighted by Crippen LogP contribution is 2.28. The second kappa shape index (κ2) is 8.10. The van der Waals surface area contributed by atoms with E-state index >= 15 is 0 Å². The number of aryl methyl sites for hydroxylation is 1. The number of rotatable bonds is 6. The van der Waals surface area contributed by atoms with Crippen LogP contribution in [-0.4, -0.2) is 26.4 Å². The van der Waals surface area contributed by atoms with Gasteiger partial charge in [0.15, 0.2) is 0 Å². The number of hydrogen-bond donors (Lipinski definition) is 1. The highest BCUT2D eigenvalue weighted by Gasteiger charge is 2.28. The van der Waals surface area contributed by atoms with E-state index in [-0.39, 0.29) is 17.5 Å². The molecule has 0 saturated heterocycles. The zero-order valence-electron chi connectivity index (χ0n) is 16.1. The summed E-state index contributed by atoms with van der Waals surface area (Å²) in [6.45, 7) is 3.23. The number of hydrogen-bond acceptors (Lipinski definition) is 4. The molecule has 0 amide bonds. The summed E-state index contributed by atoms with van der Waals surface area (Å²) < 4.78 is 47.3. The van der Waals surface area contributed by atoms with Gasteiger partial charge in [0.2, 0.25) is 10.0 Å². The van der Waals surface area contributed by atoms with Crippen molar-refractivity contribution in [2.45, 2.75) is 30.8 Å². The van der Waals surface area contributed by atoms with Gasteiger partial charge in [0.1, 0.15) is 11.6 Å². The minimum absolute atomic E-state index is 0.0542. The number of nitrogens with one attached hydrogen (secondary N) is 1. The van der Waals surface area contributed by atoms with Crippen molar-refractivity contribution in [2.75, 3.05) is 13.1 Å². The van der Waals surface area contributed by atoms with Crippen LogP contribution < -0.4 is 4.72 Å². The van der Waals surface area contributed by atoms with E-state index in [1.165, 1.54) is 29.3 Å². The van der Waals surface area contributed by atoms with Gasteiger partial charge in [0, 0.05) is 19.6 Å². The summed E-state index contributed by atoms with van der Waals surface area (Å²) in [5.41, 5.74) is 2.86. The highest BCUT2D eigenvalue weighted by atomic mass is 32.2. The molecule has 29 heavy (non-hydrogen) atoms. The normalized spacial score (nSPS) is 15.8. The molecule has 4 rings (SSSR count). The molecule has 1 N–H and O–H groups in total. The molecular weight excluding hydrogens is 391 g/mol. The average molecular weight is 415 g/mol. The van der Waals surface area contributed by atoms with Crippen LogP contribution in [0.1, 0.15) is 28.5 Å². The predicted molar refractivity (Wildman–Crippen MR) is 108 cm³/mol. The average Bonchev–Trinajstić information content (AvgIpc) is 3.24. The maximum absolute atomic E-state index is 13.5. The van der Waals surface area contributed by atoms with Crippen LogP contribution in [0.2, 0.25) is 0 Å². The Morgan fingerprint density at radius 3 is 2.66 bits per heavy atom. The highest BCUT2D eigenvalue weighted by molar-refractivity contribution is 7.89. The molecule has 0 radical (unpaired) electrons. The number of nitrogens with zero attached hydrogens (tertiary/aromatic N) is 1. The van der Waals surface area contributed by atoms with Crippen molar-refractivity contribution in [3.63, 3.8) is 0 Å². The number of sulfonamides is 1. The van der Waals surface area contributed by atoms with Gasteiger partial charge in [-0.2, -0.15) is 0 Å². The zero-order valence-corrected chi connectivity index (χ0v) is 17.0. The summed E-state index contributed by atoms with van der Waals surface area (Å²) >= 11 is 0. The number of halogens is 1. The molecule has 0 aliphatic carbocycles. The Morgan fingerprint density at radius 1 is 1.14 bits per heavy atom. The van der Waals surface area contributed by atoms with Crippen molar-refractivity contribution in [1.82, 2.24) is 9.62 Å². The van der Waals surface area contributed by atoms with Crippen molar-refractivity contribution in [3.8, 4) is 0 Å². The fourth-order valence-corrected chi connectivity index (χ4v) is 4.85. The van der Waals surface area contributed by atoms with E-state index < -0.39 is 15.8 Å².